The topological polar surface area (TPSA) is 56.3 Å². The van der Waals surface area contributed by atoms with E-state index in [1.807, 2.05) is 6.20 Å². The van der Waals surface area contributed by atoms with Crippen molar-refractivity contribution in [2.45, 2.75) is 51.2 Å². The van der Waals surface area contributed by atoms with Gasteiger partial charge in [0.2, 0.25) is 0 Å². The average Bonchev–Trinajstić information content (AvgIpc) is 3.03. The predicted octanol–water partition coefficient (Wildman–Crippen LogP) is 3.32. The summed E-state index contributed by atoms with van der Waals surface area (Å²) in [5.41, 5.74) is 9.58. The Morgan fingerprint density at radius 2 is 2.00 bits per heavy atom. The van der Waals surface area contributed by atoms with Gasteiger partial charge >= 0.3 is 0 Å². The third-order valence-electron chi connectivity index (χ3n) is 5.60. The van der Waals surface area contributed by atoms with Crippen LogP contribution in [0.2, 0.25) is 0 Å². The molecule has 2 unspecified atom stereocenters. The molecule has 142 valence electrons. The zero-order valence-electron chi connectivity index (χ0n) is 16.1. The van der Waals surface area contributed by atoms with E-state index in [4.69, 9.17) is 10.5 Å². The summed E-state index contributed by atoms with van der Waals surface area (Å²) in [5.74, 6) is 0. The minimum absolute atomic E-state index is 0.447. The smallest absolute Gasteiger partial charge is 0.0534 e. The largest absolute Gasteiger partial charge is 0.384 e. The van der Waals surface area contributed by atoms with Gasteiger partial charge in [0.15, 0.2) is 0 Å². The van der Waals surface area contributed by atoms with Crippen LogP contribution in [0.4, 0.5) is 0 Å². The van der Waals surface area contributed by atoms with Crippen molar-refractivity contribution in [1.29, 1.82) is 0 Å². The lowest BCUT2D eigenvalue weighted by Crippen LogP contribution is -2.28. The van der Waals surface area contributed by atoms with Crippen molar-refractivity contribution < 1.29 is 4.74 Å². The van der Waals surface area contributed by atoms with Gasteiger partial charge in [0.25, 0.3) is 0 Å². The van der Waals surface area contributed by atoms with E-state index in [9.17, 15) is 0 Å². The van der Waals surface area contributed by atoms with E-state index in [0.717, 1.165) is 38.1 Å². The van der Waals surface area contributed by atoms with Crippen molar-refractivity contribution in [1.82, 2.24) is 14.7 Å². The van der Waals surface area contributed by atoms with Crippen LogP contribution in [0.15, 0.2) is 36.7 Å². The first-order valence-electron chi connectivity index (χ1n) is 9.76. The molecule has 1 aliphatic rings. The number of benzene rings is 1. The Kier molecular flexibility index (Phi) is 6.83. The summed E-state index contributed by atoms with van der Waals surface area (Å²) < 4.78 is 7.29. The molecule has 0 aliphatic carbocycles. The van der Waals surface area contributed by atoms with Gasteiger partial charge in [0.1, 0.15) is 0 Å². The zero-order chi connectivity index (χ0) is 18.4. The molecule has 2 atom stereocenters. The molecule has 0 bridgehead atoms. The van der Waals surface area contributed by atoms with Crippen LogP contribution in [0.3, 0.4) is 0 Å². The van der Waals surface area contributed by atoms with Crippen LogP contribution in [-0.4, -0.2) is 41.5 Å². The third-order valence-corrected chi connectivity index (χ3v) is 5.60. The summed E-state index contributed by atoms with van der Waals surface area (Å²) in [6, 6.07) is 9.97. The van der Waals surface area contributed by atoms with Crippen LogP contribution in [-0.2, 0) is 17.7 Å². The van der Waals surface area contributed by atoms with Crippen LogP contribution in [0.5, 0.6) is 0 Å². The van der Waals surface area contributed by atoms with Crippen LogP contribution >= 0.6 is 0 Å². The molecular weight excluding hydrogens is 324 g/mol. The number of methoxy groups -OCH3 is 1. The molecule has 0 spiro atoms. The Morgan fingerprint density at radius 1 is 1.19 bits per heavy atom. The average molecular weight is 357 g/mol. The van der Waals surface area contributed by atoms with Crippen molar-refractivity contribution in [2.75, 3.05) is 26.8 Å². The molecule has 3 rings (SSSR count). The molecule has 2 N–H and O–H groups in total. The molecule has 26 heavy (non-hydrogen) atoms. The van der Waals surface area contributed by atoms with Gasteiger partial charge in [-0.25, -0.2) is 0 Å². The highest BCUT2D eigenvalue weighted by atomic mass is 16.5. The van der Waals surface area contributed by atoms with E-state index in [1.54, 1.807) is 7.11 Å². The van der Waals surface area contributed by atoms with Gasteiger partial charge in [-0.1, -0.05) is 24.3 Å². The first-order valence-corrected chi connectivity index (χ1v) is 9.76. The zero-order valence-corrected chi connectivity index (χ0v) is 16.1. The van der Waals surface area contributed by atoms with Gasteiger partial charge < -0.3 is 10.5 Å². The molecule has 1 saturated heterocycles. The second kappa shape index (κ2) is 9.31. The Bertz CT molecular complexity index is 667. The first kappa shape index (κ1) is 19.1. The molecule has 1 aromatic heterocycles. The number of hydrogen-bond acceptors (Lipinski definition) is 4. The Balaban J connectivity index is 1.59. The van der Waals surface area contributed by atoms with Crippen LogP contribution in [0.25, 0.3) is 0 Å². The van der Waals surface area contributed by atoms with Gasteiger partial charge in [-0.05, 0) is 50.3 Å². The molecule has 0 radical (unpaired) electrons. The Labute approximate surface area is 157 Å². The predicted molar refractivity (Wildman–Crippen MR) is 105 cm³/mol. The lowest BCUT2D eigenvalue weighted by molar-refractivity contribution is 0.202. The molecule has 2 heterocycles. The van der Waals surface area contributed by atoms with E-state index in [2.05, 4.69) is 52.1 Å². The van der Waals surface area contributed by atoms with Crippen molar-refractivity contribution in [2.24, 2.45) is 5.73 Å². The summed E-state index contributed by atoms with van der Waals surface area (Å²) >= 11 is 0. The quantitative estimate of drug-likeness (QED) is 0.827. The van der Waals surface area contributed by atoms with Crippen molar-refractivity contribution in [3.05, 3.63) is 53.3 Å². The highest BCUT2D eigenvalue weighted by Crippen LogP contribution is 2.28. The van der Waals surface area contributed by atoms with E-state index >= 15 is 0 Å². The van der Waals surface area contributed by atoms with E-state index in [1.165, 1.54) is 24.0 Å². The second-order valence-corrected chi connectivity index (χ2v) is 7.31. The number of nitrogens with zero attached hydrogens (tertiary/aromatic N) is 3. The van der Waals surface area contributed by atoms with Crippen LogP contribution in [0.1, 0.15) is 55.0 Å². The minimum atomic E-state index is 0.447. The number of hydrogen-bond donors (Lipinski definition) is 1. The Hall–Kier alpha value is -1.69. The SMILES string of the molecule is COCCc1ccc(C(C)N2CCCC(n3cc(CN)cn3)CC2)cc1. The fourth-order valence-corrected chi connectivity index (χ4v) is 3.83. The number of ether oxygens (including phenoxy) is 1. The van der Waals surface area contributed by atoms with Crippen LogP contribution in [0, 0.1) is 0 Å². The highest BCUT2D eigenvalue weighted by Gasteiger charge is 2.22. The molecule has 5 heteroatoms. The number of aromatic nitrogens is 2. The van der Waals surface area contributed by atoms with Crippen molar-refractivity contribution in [3.63, 3.8) is 0 Å². The molecular formula is C21H32N4O. The summed E-state index contributed by atoms with van der Waals surface area (Å²) in [4.78, 5) is 2.61. The fraction of sp³-hybridized carbons (Fsp3) is 0.571. The molecule has 5 nitrogen and oxygen atoms in total. The monoisotopic (exact) mass is 356 g/mol. The molecule has 2 aromatic rings. The van der Waals surface area contributed by atoms with Crippen LogP contribution < -0.4 is 5.73 Å². The maximum absolute atomic E-state index is 5.72. The lowest BCUT2D eigenvalue weighted by Gasteiger charge is -2.28. The third kappa shape index (κ3) is 4.72. The van der Waals surface area contributed by atoms with E-state index in [-0.39, 0.29) is 0 Å². The summed E-state index contributed by atoms with van der Waals surface area (Å²) in [7, 11) is 1.75. The first-order chi connectivity index (χ1) is 12.7. The summed E-state index contributed by atoms with van der Waals surface area (Å²) in [6.07, 6.45) is 8.52. The standard InChI is InChI=1S/C21H32N4O/c1-17(20-7-5-18(6-8-20)10-13-26-2)24-11-3-4-21(9-12-24)25-16-19(14-22)15-23-25/h5-8,15-17,21H,3-4,9-14,22H2,1-2H3. The lowest BCUT2D eigenvalue weighted by atomic mass is 10.0. The molecule has 1 aliphatic heterocycles. The molecule has 0 saturated carbocycles. The molecule has 1 fully saturated rings. The van der Waals surface area contributed by atoms with Crippen molar-refractivity contribution in [3.8, 4) is 0 Å². The van der Waals surface area contributed by atoms with E-state index in [0.29, 0.717) is 18.6 Å². The second-order valence-electron chi connectivity index (χ2n) is 7.31. The normalized spacial score (nSPS) is 20.0. The molecule has 0 amide bonds. The maximum atomic E-state index is 5.72. The van der Waals surface area contributed by atoms with Crippen molar-refractivity contribution >= 4 is 0 Å². The molecule has 1 aromatic carbocycles. The number of likely N-dealkylation sites (tertiary alicyclic amines) is 1. The van der Waals surface area contributed by atoms with Gasteiger partial charge in [-0.3, -0.25) is 9.58 Å². The van der Waals surface area contributed by atoms with Gasteiger partial charge in [0.05, 0.1) is 18.8 Å². The Morgan fingerprint density at radius 3 is 2.69 bits per heavy atom. The number of nitrogens with two attached hydrogens (primary N) is 1. The maximum Gasteiger partial charge on any atom is 0.0534 e. The highest BCUT2D eigenvalue weighted by molar-refractivity contribution is 5.25. The summed E-state index contributed by atoms with van der Waals surface area (Å²) in [6.45, 7) is 5.92. The van der Waals surface area contributed by atoms with Gasteiger partial charge in [-0.2, -0.15) is 5.10 Å². The number of rotatable bonds is 7. The van der Waals surface area contributed by atoms with E-state index < -0.39 is 0 Å². The van der Waals surface area contributed by atoms with Gasteiger partial charge in [-0.15, -0.1) is 0 Å². The fourth-order valence-electron chi connectivity index (χ4n) is 3.83. The van der Waals surface area contributed by atoms with Gasteiger partial charge in [0, 0.05) is 38.0 Å². The minimum Gasteiger partial charge on any atom is -0.384 e. The summed E-state index contributed by atoms with van der Waals surface area (Å²) in [5, 5.41) is 4.52.